The number of carbonyl (C=O) groups is 1. The van der Waals surface area contributed by atoms with Crippen LogP contribution >= 0.6 is 0 Å². The molecule has 6 rings (SSSR count). The number of fused-ring (bicyclic) bond motifs is 2. The Kier molecular flexibility index (Phi) is 5.72. The van der Waals surface area contributed by atoms with E-state index in [1.165, 1.54) is 34.1 Å². The highest BCUT2D eigenvalue weighted by molar-refractivity contribution is 5.93. The van der Waals surface area contributed by atoms with Crippen molar-refractivity contribution in [1.29, 1.82) is 0 Å². The molecule has 4 aromatic rings. The zero-order valence-electron chi connectivity index (χ0n) is 20.6. The molecule has 0 radical (unpaired) electrons. The van der Waals surface area contributed by atoms with Crippen LogP contribution in [-0.4, -0.2) is 33.5 Å². The summed E-state index contributed by atoms with van der Waals surface area (Å²) in [6, 6.07) is 13.9. The van der Waals surface area contributed by atoms with Crippen LogP contribution in [0.5, 0.6) is 0 Å². The van der Waals surface area contributed by atoms with Gasteiger partial charge < -0.3 is 9.15 Å². The molecule has 36 heavy (non-hydrogen) atoms. The molecule has 3 heterocycles. The number of aromatic nitrogens is 2. The first-order chi connectivity index (χ1) is 17.5. The minimum absolute atomic E-state index is 0.209. The molecule has 0 atom stereocenters. The number of ether oxygens (including phenoxy) is 1. The predicted molar refractivity (Wildman–Crippen MR) is 137 cm³/mol. The summed E-state index contributed by atoms with van der Waals surface area (Å²) in [6.07, 6.45) is 5.51. The molecule has 2 aromatic carbocycles. The number of pyridine rings is 1. The molecule has 0 amide bonds. The average molecular weight is 484 g/mol. The van der Waals surface area contributed by atoms with Crippen LogP contribution in [-0.2, 0) is 31.4 Å². The zero-order chi connectivity index (χ0) is 24.8. The first-order valence-corrected chi connectivity index (χ1v) is 12.5. The number of benzene rings is 2. The number of nitrogens with zero attached hydrogens (tertiary/aromatic N) is 3. The molecule has 2 aromatic heterocycles. The highest BCUT2D eigenvalue weighted by Gasteiger charge is 2.26. The Morgan fingerprint density at radius 3 is 2.75 bits per heavy atom. The third-order valence-corrected chi connectivity index (χ3v) is 7.51. The van der Waals surface area contributed by atoms with Gasteiger partial charge in [-0.3, -0.25) is 14.5 Å². The van der Waals surface area contributed by atoms with Crippen LogP contribution in [0.3, 0.4) is 0 Å². The molecule has 1 fully saturated rings. The molecule has 0 saturated heterocycles. The molecule has 1 aliphatic carbocycles. The van der Waals surface area contributed by atoms with E-state index in [1.807, 2.05) is 36.5 Å². The van der Waals surface area contributed by atoms with Crippen molar-refractivity contribution >= 4 is 17.1 Å². The average Bonchev–Trinajstić information content (AvgIpc) is 3.55. The maximum absolute atomic E-state index is 11.9. The normalized spacial score (nSPS) is 15.0. The van der Waals surface area contributed by atoms with Crippen molar-refractivity contribution in [1.82, 2.24) is 14.5 Å². The van der Waals surface area contributed by atoms with E-state index in [2.05, 4.69) is 24.0 Å². The maximum Gasteiger partial charge on any atom is 0.419 e. The first-order valence-electron chi connectivity index (χ1n) is 12.5. The van der Waals surface area contributed by atoms with Gasteiger partial charge in [0.1, 0.15) is 6.61 Å². The number of aryl methyl sites for hydroxylation is 1. The molecule has 7 nitrogen and oxygen atoms in total. The van der Waals surface area contributed by atoms with Gasteiger partial charge in [-0.05, 0) is 79.1 Å². The van der Waals surface area contributed by atoms with Gasteiger partial charge >= 0.3 is 11.7 Å². The van der Waals surface area contributed by atoms with Gasteiger partial charge in [0.2, 0.25) is 0 Å². The van der Waals surface area contributed by atoms with Crippen LogP contribution in [0, 0.1) is 12.8 Å². The Hall–Kier alpha value is -3.71. The van der Waals surface area contributed by atoms with Gasteiger partial charge in [0, 0.05) is 44.0 Å². The highest BCUT2D eigenvalue weighted by Crippen LogP contribution is 2.31. The Balaban J connectivity index is 1.16. The van der Waals surface area contributed by atoms with Gasteiger partial charge in [0.05, 0.1) is 16.8 Å². The molecule has 184 valence electrons. The van der Waals surface area contributed by atoms with Crippen LogP contribution in [0.15, 0.2) is 57.9 Å². The summed E-state index contributed by atoms with van der Waals surface area (Å²) in [5.74, 6) is 0.218. The SMILES string of the molecule is Cc1c(CCN(Cc2ccc(-c3ccc4oc(=O)n(C)c4c3)nc2)CC2CC2)ccc2c1COC2=O. The van der Waals surface area contributed by atoms with Crippen molar-refractivity contribution in [3.63, 3.8) is 0 Å². The summed E-state index contributed by atoms with van der Waals surface area (Å²) in [5.41, 5.74) is 8.57. The lowest BCUT2D eigenvalue weighted by Gasteiger charge is -2.23. The fraction of sp³-hybridized carbons (Fsp3) is 0.345. The van der Waals surface area contributed by atoms with Crippen LogP contribution in [0.25, 0.3) is 22.4 Å². The van der Waals surface area contributed by atoms with Crippen LogP contribution < -0.4 is 5.76 Å². The quantitative estimate of drug-likeness (QED) is 0.340. The summed E-state index contributed by atoms with van der Waals surface area (Å²) >= 11 is 0. The fourth-order valence-corrected chi connectivity index (χ4v) is 5.08. The van der Waals surface area contributed by atoms with Crippen molar-refractivity contribution in [3.05, 3.63) is 87.0 Å². The van der Waals surface area contributed by atoms with E-state index in [0.29, 0.717) is 17.8 Å². The Morgan fingerprint density at radius 1 is 1.11 bits per heavy atom. The lowest BCUT2D eigenvalue weighted by Crippen LogP contribution is -2.28. The number of rotatable bonds is 8. The van der Waals surface area contributed by atoms with Gasteiger partial charge in [0.25, 0.3) is 0 Å². The van der Waals surface area contributed by atoms with Crippen molar-refractivity contribution < 1.29 is 13.9 Å². The van der Waals surface area contributed by atoms with Crippen LogP contribution in [0.1, 0.15) is 45.5 Å². The van der Waals surface area contributed by atoms with Crippen LogP contribution in [0.2, 0.25) is 0 Å². The molecule has 2 aliphatic rings. The van der Waals surface area contributed by atoms with E-state index in [-0.39, 0.29) is 11.7 Å². The van der Waals surface area contributed by atoms with E-state index in [0.717, 1.165) is 54.3 Å². The largest absolute Gasteiger partial charge is 0.457 e. The molecule has 7 heteroatoms. The maximum atomic E-state index is 11.9. The van der Waals surface area contributed by atoms with Crippen molar-refractivity contribution in [3.8, 4) is 11.3 Å². The number of oxazole rings is 1. The third kappa shape index (κ3) is 4.35. The number of hydrogen-bond donors (Lipinski definition) is 0. The minimum Gasteiger partial charge on any atom is -0.457 e. The molecular formula is C29H29N3O4. The Labute approximate surface area is 209 Å². The molecule has 0 spiro atoms. The Morgan fingerprint density at radius 2 is 1.97 bits per heavy atom. The molecule has 0 bridgehead atoms. The summed E-state index contributed by atoms with van der Waals surface area (Å²) in [5, 5.41) is 0. The fourth-order valence-electron chi connectivity index (χ4n) is 5.08. The van der Waals surface area contributed by atoms with Gasteiger partial charge in [-0.25, -0.2) is 9.59 Å². The van der Waals surface area contributed by atoms with E-state index in [4.69, 9.17) is 14.1 Å². The second-order valence-corrected chi connectivity index (χ2v) is 10.0. The zero-order valence-corrected chi connectivity index (χ0v) is 20.6. The molecule has 0 N–H and O–H groups in total. The number of esters is 1. The molecule has 1 aliphatic heterocycles. The summed E-state index contributed by atoms with van der Waals surface area (Å²) in [6.45, 7) is 5.39. The van der Waals surface area contributed by atoms with Gasteiger partial charge in [-0.15, -0.1) is 0 Å². The van der Waals surface area contributed by atoms with E-state index in [9.17, 15) is 9.59 Å². The first kappa shape index (κ1) is 22.7. The van der Waals surface area contributed by atoms with Crippen molar-refractivity contribution in [2.45, 2.75) is 39.3 Å². The lowest BCUT2D eigenvalue weighted by atomic mass is 9.96. The van der Waals surface area contributed by atoms with Gasteiger partial charge in [0.15, 0.2) is 5.58 Å². The predicted octanol–water partition coefficient (Wildman–Crippen LogP) is 4.63. The van der Waals surface area contributed by atoms with Crippen molar-refractivity contribution in [2.75, 3.05) is 13.1 Å². The van der Waals surface area contributed by atoms with E-state index in [1.54, 1.807) is 7.05 Å². The second kappa shape index (κ2) is 9.06. The minimum atomic E-state index is -0.363. The highest BCUT2D eigenvalue weighted by atomic mass is 16.5. The lowest BCUT2D eigenvalue weighted by molar-refractivity contribution is 0.0535. The number of cyclic esters (lactones) is 1. The summed E-state index contributed by atoms with van der Waals surface area (Å²) in [4.78, 5) is 30.9. The number of carbonyl (C=O) groups excluding carboxylic acids is 1. The molecule has 1 saturated carbocycles. The van der Waals surface area contributed by atoms with Gasteiger partial charge in [-0.2, -0.15) is 0 Å². The monoisotopic (exact) mass is 483 g/mol. The standard InChI is InChI=1S/C29H29N3O4/c1-18-21(6-8-23-24(18)17-35-28(23)33)11-12-32(15-19-3-4-19)16-20-5-9-25(30-14-20)22-7-10-27-26(13-22)31(2)29(34)36-27/h5-10,13-14,19H,3-4,11-12,15-17H2,1-2H3. The smallest absolute Gasteiger partial charge is 0.419 e. The number of hydrogen-bond acceptors (Lipinski definition) is 6. The van der Waals surface area contributed by atoms with E-state index < -0.39 is 0 Å². The molecule has 0 unspecified atom stereocenters. The summed E-state index contributed by atoms with van der Waals surface area (Å²) in [7, 11) is 1.71. The van der Waals surface area contributed by atoms with Gasteiger partial charge in [-0.1, -0.05) is 12.1 Å². The van der Waals surface area contributed by atoms with Crippen molar-refractivity contribution in [2.24, 2.45) is 13.0 Å². The molecular weight excluding hydrogens is 454 g/mol. The Bertz CT molecular complexity index is 1510. The van der Waals surface area contributed by atoms with Crippen LogP contribution in [0.4, 0.5) is 0 Å². The van der Waals surface area contributed by atoms with E-state index >= 15 is 0 Å². The second-order valence-electron chi connectivity index (χ2n) is 10.0. The topological polar surface area (TPSA) is 77.6 Å². The third-order valence-electron chi connectivity index (χ3n) is 7.51. The summed E-state index contributed by atoms with van der Waals surface area (Å²) < 4.78 is 12.0.